The minimum atomic E-state index is -1.02. The van der Waals surface area contributed by atoms with E-state index >= 15 is 0 Å². The van der Waals surface area contributed by atoms with Gasteiger partial charge in [0.05, 0.1) is 50.3 Å². The van der Waals surface area contributed by atoms with E-state index in [1.165, 1.54) is 6.92 Å². The lowest BCUT2D eigenvalue weighted by atomic mass is 9.90. The molecule has 0 fully saturated rings. The van der Waals surface area contributed by atoms with E-state index in [4.69, 9.17) is 29.2 Å². The van der Waals surface area contributed by atoms with Crippen molar-refractivity contribution >= 4 is 67.4 Å². The van der Waals surface area contributed by atoms with Gasteiger partial charge in [0.1, 0.15) is 11.0 Å². The smallest absolute Gasteiger partial charge is 0.309 e. The first kappa shape index (κ1) is 51.4. The number of benzene rings is 7. The van der Waals surface area contributed by atoms with Crippen LogP contribution in [0, 0.1) is 25.0 Å². The summed E-state index contributed by atoms with van der Waals surface area (Å²) >= 11 is 0. The summed E-state index contributed by atoms with van der Waals surface area (Å²) in [6.07, 6.45) is -1.26. The van der Waals surface area contributed by atoms with Crippen molar-refractivity contribution < 1.29 is 39.7 Å². The molecule has 1 heterocycles. The number of aliphatic carboxylic acids is 1. The highest BCUT2D eigenvalue weighted by atomic mass is 16.5. The van der Waals surface area contributed by atoms with E-state index in [0.29, 0.717) is 40.0 Å². The molecule has 1 aromatic heterocycles. The first-order valence-electron chi connectivity index (χ1n) is 21.8. The molecule has 7 aromatic carbocycles. The summed E-state index contributed by atoms with van der Waals surface area (Å²) in [5, 5.41) is 51.1. The van der Waals surface area contributed by atoms with Crippen LogP contribution in [0.25, 0.3) is 42.3 Å². The van der Waals surface area contributed by atoms with Crippen LogP contribution in [0.5, 0.6) is 0 Å². The van der Waals surface area contributed by atoms with Gasteiger partial charge in [0, 0.05) is 11.1 Å². The lowest BCUT2D eigenvalue weighted by Gasteiger charge is -2.20. The van der Waals surface area contributed by atoms with E-state index in [1.807, 2.05) is 91.0 Å². The molecule has 0 aliphatic carbocycles. The van der Waals surface area contributed by atoms with Crippen molar-refractivity contribution in [1.82, 2.24) is 20.5 Å². The number of carbonyl (C=O) groups excluding carboxylic acids is 3. The first-order chi connectivity index (χ1) is 33.3. The largest absolute Gasteiger partial charge is 0.481 e. The van der Waals surface area contributed by atoms with Crippen molar-refractivity contribution in [2.75, 3.05) is 13.1 Å². The Morgan fingerprint density at radius 2 is 1.04 bits per heavy atom. The quantitative estimate of drug-likeness (QED) is 0.0365. The number of Topliss-reactive ketones (excluding diaryl/α,β-unsaturated/α-hetero) is 2. The predicted octanol–water partition coefficient (Wildman–Crippen LogP) is 8.44. The number of carbonyl (C=O) groups is 4. The molecule has 0 bridgehead atoms. The Labute approximate surface area is 398 Å². The molecule has 0 spiro atoms. The fourth-order valence-corrected chi connectivity index (χ4v) is 7.29. The van der Waals surface area contributed by atoms with Crippen LogP contribution in [-0.2, 0) is 22.4 Å². The number of rotatable bonds is 13. The van der Waals surface area contributed by atoms with Crippen molar-refractivity contribution in [2.24, 2.45) is 17.6 Å². The molecule has 69 heavy (non-hydrogen) atoms. The maximum Gasteiger partial charge on any atom is 0.309 e. The average Bonchev–Trinajstić information content (AvgIpc) is 3.76. The van der Waals surface area contributed by atoms with Crippen LogP contribution in [-0.4, -0.2) is 84.4 Å². The Balaban J connectivity index is 0.000000190. The number of aliphatic hydroxyl groups is 2. The van der Waals surface area contributed by atoms with Gasteiger partial charge in [-0.1, -0.05) is 150 Å². The Kier molecular flexibility index (Phi) is 18.9. The highest BCUT2D eigenvalue weighted by Gasteiger charge is 2.26. The summed E-state index contributed by atoms with van der Waals surface area (Å²) in [6.45, 7) is 17.5. The summed E-state index contributed by atoms with van der Waals surface area (Å²) in [4.78, 5) is 54.8. The molecule has 15 heteroatoms. The minimum absolute atomic E-state index is 0.0133. The third kappa shape index (κ3) is 14.0. The van der Waals surface area contributed by atoms with Gasteiger partial charge < -0.3 is 31.6 Å². The molecule has 0 unspecified atom stereocenters. The maximum absolute atomic E-state index is 12.7. The zero-order chi connectivity index (χ0) is 49.9. The number of nitrogens with one attached hydrogen (secondary N) is 1. The van der Waals surface area contributed by atoms with Gasteiger partial charge in [-0.3, -0.25) is 19.2 Å². The zero-order valence-corrected chi connectivity index (χ0v) is 37.9. The van der Waals surface area contributed by atoms with Crippen LogP contribution in [0.3, 0.4) is 0 Å². The van der Waals surface area contributed by atoms with Crippen molar-refractivity contribution in [2.45, 2.75) is 38.9 Å². The van der Waals surface area contributed by atoms with Gasteiger partial charge in [-0.25, -0.2) is 9.69 Å². The molecule has 350 valence electrons. The molecule has 0 saturated heterocycles. The van der Waals surface area contributed by atoms with Gasteiger partial charge in [0.25, 0.3) is 0 Å². The summed E-state index contributed by atoms with van der Waals surface area (Å²) in [5.74, 6) is -3.14. The third-order valence-corrected chi connectivity index (χ3v) is 11.1. The Morgan fingerprint density at radius 1 is 0.609 bits per heavy atom. The van der Waals surface area contributed by atoms with Gasteiger partial charge >= 0.3 is 5.97 Å². The number of hydrogen-bond acceptors (Lipinski definition) is 10. The van der Waals surface area contributed by atoms with Crippen LogP contribution in [0.15, 0.2) is 158 Å². The van der Waals surface area contributed by atoms with Crippen LogP contribution < -0.4 is 11.1 Å². The number of nitrogens with two attached hydrogens (primary N) is 1. The molecule has 0 saturated carbocycles. The van der Waals surface area contributed by atoms with Gasteiger partial charge in [-0.05, 0) is 76.7 Å². The van der Waals surface area contributed by atoms with E-state index < -0.39 is 30.0 Å². The molecule has 8 aromatic rings. The van der Waals surface area contributed by atoms with E-state index in [-0.39, 0.29) is 37.0 Å². The second-order valence-electron chi connectivity index (χ2n) is 15.7. The molecular weight excluding hydrogens is 875 g/mol. The monoisotopic (exact) mass is 925 g/mol. The highest BCUT2D eigenvalue weighted by molar-refractivity contribution is 6.00. The molecule has 0 aliphatic rings. The lowest BCUT2D eigenvalue weighted by molar-refractivity contribution is -0.145. The molecule has 8 rings (SSSR count). The topological polar surface area (TPSA) is 227 Å². The number of hydrogen-bond donors (Lipinski definition) is 6. The fraction of sp³-hybridized carbons (Fsp3) is 0.185. The minimum Gasteiger partial charge on any atom is -0.481 e. The molecule has 0 aliphatic heterocycles. The first-order valence-corrected chi connectivity index (χ1v) is 21.8. The van der Waals surface area contributed by atoms with Gasteiger partial charge in [0.15, 0.2) is 22.9 Å². The second kappa shape index (κ2) is 25.3. The Morgan fingerprint density at radius 3 is 1.49 bits per heavy atom. The second-order valence-corrected chi connectivity index (χ2v) is 15.7. The van der Waals surface area contributed by atoms with Crippen molar-refractivity contribution in [1.29, 1.82) is 0 Å². The molecule has 4 atom stereocenters. The predicted molar refractivity (Wildman–Crippen MR) is 264 cm³/mol. The average molecular weight is 926 g/mol. The normalized spacial score (nSPS) is 12.2. The SMILES string of the molecule is NCC(=O)c1ccccc1.On1nnc2ccccc21.[C-]#[N+]c1ccc(C[C@@H](C(=O)NCC(=O)c2ccccc2)[C@H](C)O)c2ccccc12.[C-]#[N+]c1ccc(C[C@@H](C(=O)O)[C@H](C)O)c2ccccc12. The Bertz CT molecular complexity index is 3110. The standard InChI is InChI=1S/C24H22N2O3.C16H15NO3.C8H9NO.C6H5N3O/c1-16(27)21(24(29)26-15-23(28)17-8-4-3-5-9-17)14-18-12-13-22(25-2)20-11-7-6-10-19(18)20;1-10(18)14(16(19)20)9-11-7-8-15(17-2)13-6-4-3-5-12(11)13;9-6-8(10)7-4-2-1-3-5-7;10-9-6-4-2-1-3-5(6)7-8-9/h3-13,16,21,27H,14-15H2,1H3,(H,26,29);3-8,10,14,18H,9H2,1H3,(H,19,20);1-5H,6,9H2;1-4,10H/t16-,21+;10-,14+;;/m00../s1. The van der Waals surface area contributed by atoms with Crippen molar-refractivity contribution in [3.05, 3.63) is 203 Å². The number of amides is 1. The van der Waals surface area contributed by atoms with Crippen LogP contribution in [0.4, 0.5) is 11.4 Å². The number of para-hydroxylation sites is 1. The van der Waals surface area contributed by atoms with Crippen LogP contribution >= 0.6 is 0 Å². The summed E-state index contributed by atoms with van der Waals surface area (Å²) in [7, 11) is 0. The number of aliphatic hydroxyl groups excluding tert-OH is 2. The lowest BCUT2D eigenvalue weighted by Crippen LogP contribution is -2.40. The molecule has 7 N–H and O–H groups in total. The van der Waals surface area contributed by atoms with E-state index in [2.05, 4.69) is 25.3 Å². The van der Waals surface area contributed by atoms with Crippen LogP contribution in [0.1, 0.15) is 45.7 Å². The highest BCUT2D eigenvalue weighted by Crippen LogP contribution is 2.32. The van der Waals surface area contributed by atoms with Gasteiger partial charge in [-0.15, -0.1) is 5.10 Å². The summed E-state index contributed by atoms with van der Waals surface area (Å²) < 4.78 is 0. The fourth-order valence-electron chi connectivity index (χ4n) is 7.29. The number of nitrogens with zero attached hydrogens (tertiary/aromatic N) is 5. The number of carboxylic acids is 1. The molecule has 15 nitrogen and oxygen atoms in total. The van der Waals surface area contributed by atoms with Crippen molar-refractivity contribution in [3.63, 3.8) is 0 Å². The molecular formula is C54H51N7O8. The summed E-state index contributed by atoms with van der Waals surface area (Å²) in [5.41, 5.74) is 10.5. The number of aromatic nitrogens is 3. The number of ketones is 2. The maximum atomic E-state index is 12.7. The zero-order valence-electron chi connectivity index (χ0n) is 37.9. The van der Waals surface area contributed by atoms with E-state index in [9.17, 15) is 29.4 Å². The van der Waals surface area contributed by atoms with Gasteiger partial charge in [-0.2, -0.15) is 0 Å². The molecule has 1 amide bonds. The number of fused-ring (bicyclic) bond motifs is 3. The molecule has 0 radical (unpaired) electrons. The van der Waals surface area contributed by atoms with E-state index in [1.54, 1.807) is 73.7 Å². The van der Waals surface area contributed by atoms with Crippen molar-refractivity contribution in [3.8, 4) is 0 Å². The van der Waals surface area contributed by atoms with Crippen LogP contribution in [0.2, 0.25) is 0 Å². The van der Waals surface area contributed by atoms with E-state index in [0.717, 1.165) is 37.5 Å². The summed E-state index contributed by atoms with van der Waals surface area (Å²) in [6, 6.07) is 47.0. The number of carboxylic acid groups (broad SMARTS) is 1. The van der Waals surface area contributed by atoms with Gasteiger partial charge in [0.2, 0.25) is 5.91 Å². The Hall–Kier alpha value is -8.60. The third-order valence-electron chi connectivity index (χ3n) is 11.1.